The molecule has 0 spiro atoms. The molecule has 98 valence electrons. The fraction of sp³-hybridized carbons (Fsp3) is 0.545. The Kier molecular flexibility index (Phi) is 3.93. The molecule has 7 heteroatoms. The summed E-state index contributed by atoms with van der Waals surface area (Å²) in [5, 5.41) is 12.2. The maximum atomic E-state index is 12.2. The maximum absolute atomic E-state index is 12.2. The standard InChI is InChI=1S/C11H17N5O2/c1-2-13-10(17)9-7-12-3-4-16(9)11(18)8-5-14-15-6-8/h5-6,9,12H,2-4,7H2,1H3,(H,13,17)(H,14,15). The molecule has 1 aromatic rings. The number of aromatic amines is 1. The van der Waals surface area contributed by atoms with Crippen LogP contribution in [0.1, 0.15) is 17.3 Å². The first-order valence-corrected chi connectivity index (χ1v) is 6.02. The second-order valence-electron chi connectivity index (χ2n) is 4.10. The molecule has 2 rings (SSSR count). The zero-order chi connectivity index (χ0) is 13.0. The van der Waals surface area contributed by atoms with Crippen molar-refractivity contribution in [3.05, 3.63) is 18.0 Å². The van der Waals surface area contributed by atoms with Gasteiger partial charge in [-0.1, -0.05) is 0 Å². The van der Waals surface area contributed by atoms with Gasteiger partial charge >= 0.3 is 0 Å². The third-order valence-corrected chi connectivity index (χ3v) is 2.90. The van der Waals surface area contributed by atoms with E-state index in [1.165, 1.54) is 6.20 Å². The van der Waals surface area contributed by atoms with Crippen molar-refractivity contribution >= 4 is 11.8 Å². The zero-order valence-corrected chi connectivity index (χ0v) is 10.3. The molecule has 1 saturated heterocycles. The van der Waals surface area contributed by atoms with Crippen LogP contribution in [0.15, 0.2) is 12.4 Å². The lowest BCUT2D eigenvalue weighted by atomic mass is 10.1. The number of likely N-dealkylation sites (N-methyl/N-ethyl adjacent to an activating group) is 1. The molecule has 0 aromatic carbocycles. The molecule has 3 N–H and O–H groups in total. The van der Waals surface area contributed by atoms with Crippen molar-refractivity contribution < 1.29 is 9.59 Å². The van der Waals surface area contributed by atoms with Gasteiger partial charge in [-0.3, -0.25) is 14.7 Å². The Bertz CT molecular complexity index is 417. The number of H-pyrrole nitrogens is 1. The van der Waals surface area contributed by atoms with Crippen LogP contribution in [0.4, 0.5) is 0 Å². The van der Waals surface area contributed by atoms with E-state index in [0.717, 1.165) is 0 Å². The fourth-order valence-corrected chi connectivity index (χ4v) is 2.01. The second kappa shape index (κ2) is 5.63. The predicted molar refractivity (Wildman–Crippen MR) is 65.0 cm³/mol. The van der Waals surface area contributed by atoms with E-state index in [2.05, 4.69) is 20.8 Å². The van der Waals surface area contributed by atoms with Gasteiger partial charge in [0.05, 0.1) is 11.8 Å². The number of carbonyl (C=O) groups excluding carboxylic acids is 2. The zero-order valence-electron chi connectivity index (χ0n) is 10.3. The molecule has 2 heterocycles. The predicted octanol–water partition coefficient (Wildman–Crippen LogP) is -1.04. The third kappa shape index (κ3) is 2.51. The van der Waals surface area contributed by atoms with E-state index in [0.29, 0.717) is 31.7 Å². The van der Waals surface area contributed by atoms with Gasteiger partial charge in [-0.05, 0) is 6.92 Å². The molecular weight excluding hydrogens is 234 g/mol. The number of amides is 2. The largest absolute Gasteiger partial charge is 0.355 e. The van der Waals surface area contributed by atoms with Crippen LogP contribution in [0.25, 0.3) is 0 Å². The van der Waals surface area contributed by atoms with E-state index in [1.807, 2.05) is 6.92 Å². The van der Waals surface area contributed by atoms with Crippen LogP contribution < -0.4 is 10.6 Å². The van der Waals surface area contributed by atoms with Gasteiger partial charge in [0, 0.05) is 32.4 Å². The van der Waals surface area contributed by atoms with Crippen molar-refractivity contribution in [1.29, 1.82) is 0 Å². The second-order valence-corrected chi connectivity index (χ2v) is 4.10. The minimum absolute atomic E-state index is 0.124. The van der Waals surface area contributed by atoms with E-state index in [1.54, 1.807) is 11.1 Å². The Morgan fingerprint density at radius 1 is 1.61 bits per heavy atom. The lowest BCUT2D eigenvalue weighted by Crippen LogP contribution is -2.59. The Morgan fingerprint density at radius 3 is 3.11 bits per heavy atom. The normalized spacial score (nSPS) is 19.6. The van der Waals surface area contributed by atoms with Crippen molar-refractivity contribution in [3.63, 3.8) is 0 Å². The average molecular weight is 251 g/mol. The summed E-state index contributed by atoms with van der Waals surface area (Å²) in [6.45, 7) is 4.11. The topological polar surface area (TPSA) is 90.1 Å². The van der Waals surface area contributed by atoms with Crippen LogP contribution >= 0.6 is 0 Å². The van der Waals surface area contributed by atoms with Crippen molar-refractivity contribution in [2.75, 3.05) is 26.2 Å². The van der Waals surface area contributed by atoms with Gasteiger partial charge in [-0.2, -0.15) is 5.10 Å². The monoisotopic (exact) mass is 251 g/mol. The number of carbonyl (C=O) groups is 2. The summed E-state index contributed by atoms with van der Waals surface area (Å²) in [5.41, 5.74) is 0.478. The van der Waals surface area contributed by atoms with Crippen molar-refractivity contribution in [2.45, 2.75) is 13.0 Å². The molecule has 7 nitrogen and oxygen atoms in total. The Morgan fingerprint density at radius 2 is 2.44 bits per heavy atom. The molecule has 2 amide bonds. The van der Waals surface area contributed by atoms with Crippen LogP contribution in [0, 0.1) is 0 Å². The van der Waals surface area contributed by atoms with E-state index < -0.39 is 6.04 Å². The van der Waals surface area contributed by atoms with E-state index in [-0.39, 0.29) is 11.8 Å². The van der Waals surface area contributed by atoms with E-state index >= 15 is 0 Å². The number of aromatic nitrogens is 2. The van der Waals surface area contributed by atoms with Gasteiger partial charge in [0.1, 0.15) is 6.04 Å². The first-order valence-electron chi connectivity index (χ1n) is 6.02. The molecule has 1 aliphatic rings. The molecule has 1 atom stereocenters. The fourth-order valence-electron chi connectivity index (χ4n) is 2.01. The summed E-state index contributed by atoms with van der Waals surface area (Å²) in [7, 11) is 0. The highest BCUT2D eigenvalue weighted by molar-refractivity contribution is 5.97. The van der Waals surface area contributed by atoms with Gasteiger partial charge in [0.2, 0.25) is 5.91 Å². The van der Waals surface area contributed by atoms with Crippen LogP contribution in [-0.4, -0.2) is 59.1 Å². The van der Waals surface area contributed by atoms with Crippen molar-refractivity contribution in [2.24, 2.45) is 0 Å². The first kappa shape index (κ1) is 12.6. The SMILES string of the molecule is CCNC(=O)C1CNCCN1C(=O)c1cn[nH]c1. The highest BCUT2D eigenvalue weighted by Gasteiger charge is 2.32. The van der Waals surface area contributed by atoms with Gasteiger partial charge in [0.25, 0.3) is 5.91 Å². The quantitative estimate of drug-likeness (QED) is 0.640. The highest BCUT2D eigenvalue weighted by Crippen LogP contribution is 2.09. The smallest absolute Gasteiger partial charge is 0.257 e. The number of nitrogens with one attached hydrogen (secondary N) is 3. The Balaban J connectivity index is 2.12. The summed E-state index contributed by atoms with van der Waals surface area (Å²) in [5.74, 6) is -0.289. The molecule has 0 bridgehead atoms. The van der Waals surface area contributed by atoms with Crippen molar-refractivity contribution in [3.8, 4) is 0 Å². The van der Waals surface area contributed by atoms with Gasteiger partial charge in [-0.15, -0.1) is 0 Å². The van der Waals surface area contributed by atoms with Gasteiger partial charge < -0.3 is 15.5 Å². The molecule has 1 aliphatic heterocycles. The number of rotatable bonds is 3. The third-order valence-electron chi connectivity index (χ3n) is 2.90. The average Bonchev–Trinajstić information content (AvgIpc) is 2.92. The minimum atomic E-state index is -0.457. The Labute approximate surface area is 105 Å². The summed E-state index contributed by atoms with van der Waals surface area (Å²) >= 11 is 0. The molecule has 0 radical (unpaired) electrons. The molecule has 0 saturated carbocycles. The Hall–Kier alpha value is -1.89. The van der Waals surface area contributed by atoms with Crippen molar-refractivity contribution in [1.82, 2.24) is 25.7 Å². The summed E-state index contributed by atoms with van der Waals surface area (Å²) in [4.78, 5) is 25.7. The highest BCUT2D eigenvalue weighted by atomic mass is 16.2. The molecule has 1 unspecified atom stereocenters. The molecule has 0 aliphatic carbocycles. The van der Waals surface area contributed by atoms with Crippen LogP contribution in [0.2, 0.25) is 0 Å². The van der Waals surface area contributed by atoms with Crippen LogP contribution in [0.5, 0.6) is 0 Å². The van der Waals surface area contributed by atoms with Crippen LogP contribution in [0.3, 0.4) is 0 Å². The maximum Gasteiger partial charge on any atom is 0.257 e. The molecular formula is C11H17N5O2. The summed E-state index contributed by atoms with van der Waals surface area (Å²) in [6.07, 6.45) is 3.01. The van der Waals surface area contributed by atoms with Gasteiger partial charge in [0.15, 0.2) is 0 Å². The molecule has 18 heavy (non-hydrogen) atoms. The lowest BCUT2D eigenvalue weighted by Gasteiger charge is -2.34. The number of piperazine rings is 1. The number of nitrogens with zero attached hydrogens (tertiary/aromatic N) is 2. The molecule has 1 fully saturated rings. The first-order chi connectivity index (χ1) is 8.74. The number of hydrogen-bond acceptors (Lipinski definition) is 4. The molecule has 1 aromatic heterocycles. The van der Waals surface area contributed by atoms with E-state index in [4.69, 9.17) is 0 Å². The summed E-state index contributed by atoms with van der Waals surface area (Å²) < 4.78 is 0. The van der Waals surface area contributed by atoms with Crippen LogP contribution in [-0.2, 0) is 4.79 Å². The number of hydrogen-bond donors (Lipinski definition) is 3. The van der Waals surface area contributed by atoms with Gasteiger partial charge in [-0.25, -0.2) is 0 Å². The minimum Gasteiger partial charge on any atom is -0.355 e. The lowest BCUT2D eigenvalue weighted by molar-refractivity contribution is -0.126. The summed E-state index contributed by atoms with van der Waals surface area (Å²) in [6, 6.07) is -0.457. The van der Waals surface area contributed by atoms with E-state index in [9.17, 15) is 9.59 Å².